The minimum atomic E-state index is 0.554. The van der Waals surface area contributed by atoms with E-state index in [4.69, 9.17) is 10.5 Å². The summed E-state index contributed by atoms with van der Waals surface area (Å²) in [6, 6.07) is 0.554. The molecule has 1 atom stereocenters. The van der Waals surface area contributed by atoms with Gasteiger partial charge in [0.15, 0.2) is 5.13 Å². The molecule has 2 rings (SSSR count). The van der Waals surface area contributed by atoms with Gasteiger partial charge in [-0.3, -0.25) is 4.90 Å². The first-order valence-electron chi connectivity index (χ1n) is 4.74. The van der Waals surface area contributed by atoms with Crippen LogP contribution in [0.3, 0.4) is 0 Å². The highest BCUT2D eigenvalue weighted by Crippen LogP contribution is 2.19. The number of anilines is 1. The second-order valence-electron chi connectivity index (χ2n) is 3.60. The van der Waals surface area contributed by atoms with Crippen molar-refractivity contribution in [2.24, 2.45) is 0 Å². The van der Waals surface area contributed by atoms with E-state index in [1.807, 2.05) is 6.20 Å². The minimum Gasteiger partial charge on any atom is -0.380 e. The van der Waals surface area contributed by atoms with Gasteiger partial charge in [0.1, 0.15) is 0 Å². The monoisotopic (exact) mass is 213 g/mol. The summed E-state index contributed by atoms with van der Waals surface area (Å²) in [6.07, 6.45) is 2.98. The average Bonchev–Trinajstić information content (AvgIpc) is 2.75. The van der Waals surface area contributed by atoms with Crippen LogP contribution in [0.4, 0.5) is 5.13 Å². The van der Waals surface area contributed by atoms with Gasteiger partial charge in [0, 0.05) is 30.3 Å². The molecule has 0 aromatic carbocycles. The van der Waals surface area contributed by atoms with Crippen LogP contribution in [0.1, 0.15) is 11.3 Å². The molecule has 0 radical (unpaired) electrons. The maximum atomic E-state index is 5.57. The fourth-order valence-corrected chi connectivity index (χ4v) is 2.39. The largest absolute Gasteiger partial charge is 0.380 e. The number of nitrogen functional groups attached to an aromatic ring is 1. The lowest BCUT2D eigenvalue weighted by Gasteiger charge is -2.21. The Morgan fingerprint density at radius 2 is 2.64 bits per heavy atom. The van der Waals surface area contributed by atoms with Crippen molar-refractivity contribution < 1.29 is 4.74 Å². The quantitative estimate of drug-likeness (QED) is 0.812. The number of nitrogens with zero attached hydrogens (tertiary/aromatic N) is 2. The van der Waals surface area contributed by atoms with Gasteiger partial charge in [-0.2, -0.15) is 0 Å². The molecule has 0 amide bonds. The van der Waals surface area contributed by atoms with Gasteiger partial charge in [0.2, 0.25) is 0 Å². The second kappa shape index (κ2) is 4.25. The highest BCUT2D eigenvalue weighted by atomic mass is 32.1. The van der Waals surface area contributed by atoms with Crippen molar-refractivity contribution in [2.45, 2.75) is 19.0 Å². The van der Waals surface area contributed by atoms with E-state index < -0.39 is 0 Å². The lowest BCUT2D eigenvalue weighted by molar-refractivity contribution is 0.157. The van der Waals surface area contributed by atoms with E-state index in [0.717, 1.165) is 26.2 Å². The number of rotatable bonds is 3. The summed E-state index contributed by atoms with van der Waals surface area (Å²) in [5.74, 6) is 0. The highest BCUT2D eigenvalue weighted by Gasteiger charge is 2.20. The molecular formula is C9H15N3OS. The molecule has 2 N–H and O–H groups in total. The van der Waals surface area contributed by atoms with Gasteiger partial charge < -0.3 is 10.5 Å². The molecule has 14 heavy (non-hydrogen) atoms. The standard InChI is InChI=1S/C9H15N3OS/c1-12(7-2-3-13-6-7)5-8-4-11-9(10)14-8/h4,7H,2-3,5-6H2,1H3,(H2,10,11). The number of likely N-dealkylation sites (N-methyl/N-ethyl adjacent to an activating group) is 1. The molecule has 1 aromatic heterocycles. The van der Waals surface area contributed by atoms with Crippen molar-refractivity contribution in [3.8, 4) is 0 Å². The topological polar surface area (TPSA) is 51.4 Å². The molecule has 1 saturated heterocycles. The number of aromatic nitrogens is 1. The SMILES string of the molecule is CN(Cc1cnc(N)s1)C1CCOC1. The summed E-state index contributed by atoms with van der Waals surface area (Å²) in [6.45, 7) is 2.66. The van der Waals surface area contributed by atoms with Crippen LogP contribution >= 0.6 is 11.3 Å². The van der Waals surface area contributed by atoms with E-state index in [1.165, 1.54) is 4.88 Å². The molecule has 0 saturated carbocycles. The van der Waals surface area contributed by atoms with Crippen molar-refractivity contribution in [1.82, 2.24) is 9.88 Å². The third kappa shape index (κ3) is 2.23. The minimum absolute atomic E-state index is 0.554. The molecule has 0 bridgehead atoms. The summed E-state index contributed by atoms with van der Waals surface area (Å²) in [4.78, 5) is 7.56. The maximum absolute atomic E-state index is 5.57. The first-order chi connectivity index (χ1) is 6.75. The van der Waals surface area contributed by atoms with Crippen molar-refractivity contribution in [3.05, 3.63) is 11.1 Å². The molecule has 1 fully saturated rings. The van der Waals surface area contributed by atoms with Crippen LogP contribution in [0.5, 0.6) is 0 Å². The smallest absolute Gasteiger partial charge is 0.180 e. The average molecular weight is 213 g/mol. The molecule has 78 valence electrons. The van der Waals surface area contributed by atoms with Gasteiger partial charge in [-0.1, -0.05) is 0 Å². The van der Waals surface area contributed by atoms with Crippen LogP contribution in [0, 0.1) is 0 Å². The third-order valence-corrected chi connectivity index (χ3v) is 3.32. The summed E-state index contributed by atoms with van der Waals surface area (Å²) < 4.78 is 5.34. The van der Waals surface area contributed by atoms with Crippen molar-refractivity contribution >= 4 is 16.5 Å². The van der Waals surface area contributed by atoms with Gasteiger partial charge in [-0.25, -0.2) is 4.98 Å². The number of hydrogen-bond acceptors (Lipinski definition) is 5. The summed E-state index contributed by atoms with van der Waals surface area (Å²) >= 11 is 1.56. The van der Waals surface area contributed by atoms with Gasteiger partial charge in [-0.15, -0.1) is 11.3 Å². The van der Waals surface area contributed by atoms with Crippen LogP contribution in [-0.4, -0.2) is 36.2 Å². The number of thiazole rings is 1. The molecule has 2 heterocycles. The Labute approximate surface area is 87.7 Å². The zero-order chi connectivity index (χ0) is 9.97. The van der Waals surface area contributed by atoms with Crippen molar-refractivity contribution in [1.29, 1.82) is 0 Å². The summed E-state index contributed by atoms with van der Waals surface area (Å²) in [7, 11) is 2.12. The summed E-state index contributed by atoms with van der Waals surface area (Å²) in [5.41, 5.74) is 5.57. The van der Waals surface area contributed by atoms with E-state index in [2.05, 4.69) is 16.9 Å². The fourth-order valence-electron chi connectivity index (χ4n) is 1.64. The van der Waals surface area contributed by atoms with Gasteiger partial charge in [-0.05, 0) is 13.5 Å². The number of ether oxygens (including phenoxy) is 1. The molecule has 4 nitrogen and oxygen atoms in total. The third-order valence-electron chi connectivity index (χ3n) is 2.51. The second-order valence-corrected chi connectivity index (χ2v) is 4.74. The van der Waals surface area contributed by atoms with Crippen molar-refractivity contribution in [2.75, 3.05) is 26.0 Å². The van der Waals surface area contributed by atoms with Gasteiger partial charge in [0.25, 0.3) is 0 Å². The number of nitrogens with two attached hydrogens (primary N) is 1. The zero-order valence-electron chi connectivity index (χ0n) is 8.27. The number of hydrogen-bond donors (Lipinski definition) is 1. The van der Waals surface area contributed by atoms with Gasteiger partial charge >= 0.3 is 0 Å². The van der Waals surface area contributed by atoms with E-state index in [9.17, 15) is 0 Å². The normalized spacial score (nSPS) is 22.0. The predicted octanol–water partition coefficient (Wildman–Crippen LogP) is 0.946. The van der Waals surface area contributed by atoms with Gasteiger partial charge in [0.05, 0.1) is 6.61 Å². The molecule has 0 aliphatic carbocycles. The predicted molar refractivity (Wildman–Crippen MR) is 57.2 cm³/mol. The molecule has 5 heteroatoms. The fraction of sp³-hybridized carbons (Fsp3) is 0.667. The van der Waals surface area contributed by atoms with Crippen LogP contribution in [0.25, 0.3) is 0 Å². The summed E-state index contributed by atoms with van der Waals surface area (Å²) in [5, 5.41) is 0.649. The maximum Gasteiger partial charge on any atom is 0.180 e. The first kappa shape index (κ1) is 9.89. The van der Waals surface area contributed by atoms with E-state index >= 15 is 0 Å². The lowest BCUT2D eigenvalue weighted by atomic mass is 10.2. The highest BCUT2D eigenvalue weighted by molar-refractivity contribution is 7.15. The molecule has 1 aliphatic heterocycles. The Hall–Kier alpha value is -0.650. The van der Waals surface area contributed by atoms with E-state index in [-0.39, 0.29) is 0 Å². The van der Waals surface area contributed by atoms with Crippen LogP contribution < -0.4 is 5.73 Å². The first-order valence-corrected chi connectivity index (χ1v) is 5.55. The Morgan fingerprint density at radius 1 is 1.79 bits per heavy atom. The Morgan fingerprint density at radius 3 is 3.21 bits per heavy atom. The molecule has 1 aliphatic rings. The lowest BCUT2D eigenvalue weighted by Crippen LogP contribution is -2.31. The molecule has 1 aromatic rings. The Balaban J connectivity index is 1.90. The Kier molecular flexibility index (Phi) is 3.00. The molecule has 0 spiro atoms. The molecular weight excluding hydrogens is 198 g/mol. The van der Waals surface area contributed by atoms with Crippen molar-refractivity contribution in [3.63, 3.8) is 0 Å². The Bertz CT molecular complexity index is 296. The van der Waals surface area contributed by atoms with E-state index in [0.29, 0.717) is 11.2 Å². The zero-order valence-corrected chi connectivity index (χ0v) is 9.09. The van der Waals surface area contributed by atoms with E-state index in [1.54, 1.807) is 11.3 Å². The van der Waals surface area contributed by atoms with Crippen LogP contribution in [0.2, 0.25) is 0 Å². The van der Waals surface area contributed by atoms with Crippen LogP contribution in [0.15, 0.2) is 6.20 Å². The van der Waals surface area contributed by atoms with Crippen LogP contribution in [-0.2, 0) is 11.3 Å². The molecule has 1 unspecified atom stereocenters.